The quantitative estimate of drug-likeness (QED) is 0.840. The highest BCUT2D eigenvalue weighted by molar-refractivity contribution is 7.04. The van der Waals surface area contributed by atoms with Crippen LogP contribution in [0.4, 0.5) is 0 Å². The van der Waals surface area contributed by atoms with Crippen LogP contribution < -0.4 is 5.56 Å². The smallest absolute Gasteiger partial charge is 0.308 e. The van der Waals surface area contributed by atoms with Crippen LogP contribution in [0.3, 0.4) is 0 Å². The van der Waals surface area contributed by atoms with Crippen molar-refractivity contribution in [3.05, 3.63) is 21.6 Å². The number of ether oxygens (including phenoxy) is 1. The van der Waals surface area contributed by atoms with Crippen molar-refractivity contribution >= 4 is 28.5 Å². The summed E-state index contributed by atoms with van der Waals surface area (Å²) < 4.78 is 8.90. The number of esters is 1. The number of carbonyl (C=O) groups excluding carboxylic acids is 1. The second kappa shape index (κ2) is 5.92. The van der Waals surface area contributed by atoms with Gasteiger partial charge in [0.05, 0.1) is 12.5 Å². The third-order valence-electron chi connectivity index (χ3n) is 2.78. The van der Waals surface area contributed by atoms with E-state index < -0.39 is 0 Å². The summed E-state index contributed by atoms with van der Waals surface area (Å²) in [5, 5.41) is 1.74. The van der Waals surface area contributed by atoms with Gasteiger partial charge in [0.1, 0.15) is 11.3 Å². The number of aryl methyl sites for hydroxylation is 1. The van der Waals surface area contributed by atoms with Crippen LogP contribution in [0.1, 0.15) is 26.1 Å². The predicted molar refractivity (Wildman–Crippen MR) is 72.2 cm³/mol. The van der Waals surface area contributed by atoms with Crippen LogP contribution >= 0.6 is 11.5 Å². The topological polar surface area (TPSA) is 84.9 Å². The normalized spacial score (nSPS) is 12.5. The van der Waals surface area contributed by atoms with Gasteiger partial charge in [-0.3, -0.25) is 9.59 Å². The van der Waals surface area contributed by atoms with E-state index in [2.05, 4.69) is 14.3 Å². The average Bonchev–Trinajstić information content (AvgIpc) is 2.85. The average molecular weight is 281 g/mol. The standard InChI is InChI=1S/C12H15N3O3S/c1-3-18-12(17)7(2)4-5-9-13-8-6-19-15-10(8)11(16)14-9/h6-7H,3-5H2,1-2H3,(H,13,14,16)/t7-/m0/s1. The van der Waals surface area contributed by atoms with Gasteiger partial charge >= 0.3 is 5.97 Å². The molecule has 0 saturated heterocycles. The Morgan fingerprint density at radius 2 is 2.37 bits per heavy atom. The van der Waals surface area contributed by atoms with Crippen LogP contribution in [-0.2, 0) is 16.0 Å². The molecule has 0 bridgehead atoms. The molecule has 0 aliphatic heterocycles. The van der Waals surface area contributed by atoms with E-state index in [0.717, 1.165) is 0 Å². The molecule has 2 aromatic rings. The Labute approximate surface area is 114 Å². The second-order valence-corrected chi connectivity index (χ2v) is 4.88. The number of hydrogen-bond acceptors (Lipinski definition) is 6. The van der Waals surface area contributed by atoms with Crippen LogP contribution in [0.5, 0.6) is 0 Å². The molecule has 0 saturated carbocycles. The number of aromatic amines is 1. The number of nitrogens with one attached hydrogen (secondary N) is 1. The molecule has 2 aromatic heterocycles. The lowest BCUT2D eigenvalue weighted by molar-refractivity contribution is -0.147. The Morgan fingerprint density at radius 1 is 1.58 bits per heavy atom. The third kappa shape index (κ3) is 3.17. The fourth-order valence-electron chi connectivity index (χ4n) is 1.71. The Balaban J connectivity index is 2.05. The van der Waals surface area contributed by atoms with Gasteiger partial charge < -0.3 is 9.72 Å². The van der Waals surface area contributed by atoms with Gasteiger partial charge in [-0.05, 0) is 24.9 Å². The first-order valence-corrected chi connectivity index (χ1v) is 6.95. The first-order valence-electron chi connectivity index (χ1n) is 6.11. The third-order valence-corrected chi connectivity index (χ3v) is 3.40. The maximum absolute atomic E-state index is 11.7. The van der Waals surface area contributed by atoms with E-state index in [1.165, 1.54) is 11.5 Å². The summed E-state index contributed by atoms with van der Waals surface area (Å²) in [6.07, 6.45) is 1.12. The van der Waals surface area contributed by atoms with Crippen LogP contribution in [0.2, 0.25) is 0 Å². The largest absolute Gasteiger partial charge is 0.466 e. The molecule has 6 nitrogen and oxygen atoms in total. The van der Waals surface area contributed by atoms with E-state index in [-0.39, 0.29) is 17.4 Å². The summed E-state index contributed by atoms with van der Waals surface area (Å²) in [6.45, 7) is 3.97. The van der Waals surface area contributed by atoms with Gasteiger partial charge in [0.2, 0.25) is 0 Å². The molecule has 0 amide bonds. The van der Waals surface area contributed by atoms with E-state index in [9.17, 15) is 9.59 Å². The van der Waals surface area contributed by atoms with Crippen LogP contribution in [-0.4, -0.2) is 26.9 Å². The van der Waals surface area contributed by atoms with Crippen LogP contribution in [0.25, 0.3) is 11.0 Å². The lowest BCUT2D eigenvalue weighted by Gasteiger charge is -2.09. The lowest BCUT2D eigenvalue weighted by Crippen LogP contribution is -2.17. The second-order valence-electron chi connectivity index (χ2n) is 4.25. The molecule has 0 fully saturated rings. The molecule has 1 atom stereocenters. The van der Waals surface area contributed by atoms with Gasteiger partial charge in [-0.25, -0.2) is 4.98 Å². The molecule has 0 aromatic carbocycles. The van der Waals surface area contributed by atoms with E-state index in [1.54, 1.807) is 19.2 Å². The molecule has 1 N–H and O–H groups in total. The molecular weight excluding hydrogens is 266 g/mol. The molecule has 2 heterocycles. The van der Waals surface area contributed by atoms with Gasteiger partial charge in [0.25, 0.3) is 5.56 Å². The van der Waals surface area contributed by atoms with E-state index >= 15 is 0 Å². The van der Waals surface area contributed by atoms with Crippen molar-refractivity contribution in [2.75, 3.05) is 6.61 Å². The molecule has 0 spiro atoms. The first kappa shape index (κ1) is 13.7. The number of hydrogen-bond donors (Lipinski definition) is 1. The first-order chi connectivity index (χ1) is 9.11. The summed E-state index contributed by atoms with van der Waals surface area (Å²) in [7, 11) is 0. The Hall–Kier alpha value is -1.76. The SMILES string of the molecule is CCOC(=O)[C@@H](C)CCc1nc2csnc2c(=O)[nH]1. The number of H-pyrrole nitrogens is 1. The zero-order chi connectivity index (χ0) is 13.8. The fourth-order valence-corrected chi connectivity index (χ4v) is 2.30. The number of aromatic nitrogens is 3. The molecule has 102 valence electrons. The molecule has 0 aliphatic carbocycles. The molecule has 19 heavy (non-hydrogen) atoms. The van der Waals surface area contributed by atoms with Gasteiger partial charge in [0, 0.05) is 11.8 Å². The van der Waals surface area contributed by atoms with Gasteiger partial charge in [-0.15, -0.1) is 0 Å². The number of rotatable bonds is 5. The Kier molecular flexibility index (Phi) is 4.26. The monoisotopic (exact) mass is 281 g/mol. The van der Waals surface area contributed by atoms with Crippen molar-refractivity contribution in [1.29, 1.82) is 0 Å². The minimum atomic E-state index is -0.231. The van der Waals surface area contributed by atoms with Crippen molar-refractivity contribution < 1.29 is 9.53 Å². The molecular formula is C12H15N3O3S. The summed E-state index contributed by atoms with van der Waals surface area (Å²) in [5.41, 5.74) is 0.741. The molecule has 7 heteroatoms. The highest BCUT2D eigenvalue weighted by Gasteiger charge is 2.15. The molecule has 0 aliphatic rings. The summed E-state index contributed by atoms with van der Waals surface area (Å²) in [6, 6.07) is 0. The van der Waals surface area contributed by atoms with Crippen molar-refractivity contribution in [3.8, 4) is 0 Å². The molecule has 2 rings (SSSR count). The Morgan fingerprint density at radius 3 is 3.11 bits per heavy atom. The number of nitrogens with zero attached hydrogens (tertiary/aromatic N) is 2. The highest BCUT2D eigenvalue weighted by atomic mass is 32.1. The summed E-state index contributed by atoms with van der Waals surface area (Å²) in [5.74, 6) is 0.151. The number of fused-ring (bicyclic) bond motifs is 1. The highest BCUT2D eigenvalue weighted by Crippen LogP contribution is 2.11. The zero-order valence-electron chi connectivity index (χ0n) is 10.8. The van der Waals surface area contributed by atoms with E-state index in [4.69, 9.17) is 4.74 Å². The van der Waals surface area contributed by atoms with Gasteiger partial charge in [-0.2, -0.15) is 4.37 Å². The molecule has 0 unspecified atom stereocenters. The van der Waals surface area contributed by atoms with Gasteiger partial charge in [-0.1, -0.05) is 6.92 Å². The Bertz CT molecular complexity index is 634. The van der Waals surface area contributed by atoms with Crippen LogP contribution in [0.15, 0.2) is 10.2 Å². The maximum atomic E-state index is 11.7. The van der Waals surface area contributed by atoms with Crippen molar-refractivity contribution in [3.63, 3.8) is 0 Å². The predicted octanol–water partition coefficient (Wildman–Crippen LogP) is 1.51. The fraction of sp³-hybridized carbons (Fsp3) is 0.500. The van der Waals surface area contributed by atoms with Crippen LogP contribution in [0, 0.1) is 5.92 Å². The maximum Gasteiger partial charge on any atom is 0.308 e. The lowest BCUT2D eigenvalue weighted by atomic mass is 10.1. The van der Waals surface area contributed by atoms with Crippen molar-refractivity contribution in [2.24, 2.45) is 5.92 Å². The summed E-state index contributed by atoms with van der Waals surface area (Å²) in [4.78, 5) is 30.2. The minimum absolute atomic E-state index is 0.207. The molecule has 0 radical (unpaired) electrons. The van der Waals surface area contributed by atoms with E-state index in [1.807, 2.05) is 0 Å². The van der Waals surface area contributed by atoms with Crippen molar-refractivity contribution in [1.82, 2.24) is 14.3 Å². The van der Waals surface area contributed by atoms with E-state index in [0.29, 0.717) is 36.3 Å². The number of carbonyl (C=O) groups is 1. The van der Waals surface area contributed by atoms with Crippen molar-refractivity contribution in [2.45, 2.75) is 26.7 Å². The van der Waals surface area contributed by atoms with Gasteiger partial charge in [0.15, 0.2) is 5.52 Å². The minimum Gasteiger partial charge on any atom is -0.466 e. The zero-order valence-corrected chi connectivity index (χ0v) is 11.6. The summed E-state index contributed by atoms with van der Waals surface area (Å²) >= 11 is 1.21.